The van der Waals surface area contributed by atoms with Gasteiger partial charge < -0.3 is 4.57 Å². The molecule has 0 saturated heterocycles. The lowest BCUT2D eigenvalue weighted by atomic mass is 10.1. The molecule has 2 nitrogen and oxygen atoms in total. The predicted octanol–water partition coefficient (Wildman–Crippen LogP) is 4.06. The van der Waals surface area contributed by atoms with Crippen LogP contribution in [0.2, 0.25) is 0 Å². The van der Waals surface area contributed by atoms with E-state index in [-0.39, 0.29) is 0 Å². The quantitative estimate of drug-likeness (QED) is 0.752. The van der Waals surface area contributed by atoms with Crippen molar-refractivity contribution in [2.75, 3.05) is 0 Å². The van der Waals surface area contributed by atoms with Gasteiger partial charge >= 0.3 is 0 Å². The highest BCUT2D eigenvalue weighted by molar-refractivity contribution is 5.97. The first kappa shape index (κ1) is 13.2. The molecule has 0 aliphatic heterocycles. The Morgan fingerprint density at radius 2 is 1.70 bits per heavy atom. The van der Waals surface area contributed by atoms with Gasteiger partial charge in [0.1, 0.15) is 0 Å². The fraction of sp³-hybridized carbons (Fsp3) is 0.389. The van der Waals surface area contributed by atoms with E-state index in [1.54, 1.807) is 0 Å². The Kier molecular flexibility index (Phi) is 3.47. The number of fused-ring (bicyclic) bond motifs is 1. The summed E-state index contributed by atoms with van der Waals surface area (Å²) in [6.07, 6.45) is 8.12. The third-order valence-electron chi connectivity index (χ3n) is 4.01. The fourth-order valence-electron chi connectivity index (χ4n) is 3.20. The van der Waals surface area contributed by atoms with Crippen LogP contribution in [0.5, 0.6) is 0 Å². The van der Waals surface area contributed by atoms with E-state index in [1.165, 1.54) is 22.3 Å². The molecule has 3 rings (SSSR count). The van der Waals surface area contributed by atoms with E-state index in [9.17, 15) is 4.79 Å². The number of hydrogen-bond donors (Lipinski definition) is 0. The van der Waals surface area contributed by atoms with Crippen LogP contribution in [-0.2, 0) is 13.0 Å². The van der Waals surface area contributed by atoms with Crippen molar-refractivity contribution in [2.24, 2.45) is 0 Å². The summed E-state index contributed by atoms with van der Waals surface area (Å²) in [5, 5.41) is 0. The van der Waals surface area contributed by atoms with Gasteiger partial charge in [-0.1, -0.05) is 29.3 Å². The normalized spacial score (nSPS) is 15.0. The topological polar surface area (TPSA) is 22.0 Å². The highest BCUT2D eigenvalue weighted by Crippen LogP contribution is 2.22. The second-order valence-electron chi connectivity index (χ2n) is 6.00. The molecule has 2 aromatic rings. The van der Waals surface area contributed by atoms with Crippen molar-refractivity contribution in [2.45, 2.75) is 46.1 Å². The second kappa shape index (κ2) is 5.28. The highest BCUT2D eigenvalue weighted by Gasteiger charge is 2.17. The number of rotatable bonds is 2. The van der Waals surface area contributed by atoms with Gasteiger partial charge in [0.25, 0.3) is 0 Å². The molecule has 0 amide bonds. The molecule has 1 aliphatic rings. The van der Waals surface area contributed by atoms with E-state index >= 15 is 0 Å². The summed E-state index contributed by atoms with van der Waals surface area (Å²) >= 11 is 0. The number of aromatic nitrogens is 1. The zero-order valence-corrected chi connectivity index (χ0v) is 12.3. The van der Waals surface area contributed by atoms with Crippen molar-refractivity contribution >= 4 is 5.78 Å². The van der Waals surface area contributed by atoms with Crippen LogP contribution in [0.1, 0.15) is 51.9 Å². The van der Waals surface area contributed by atoms with E-state index in [0.717, 1.165) is 31.4 Å². The molecule has 0 atom stereocenters. The Hall–Kier alpha value is -1.83. The van der Waals surface area contributed by atoms with Gasteiger partial charge in [-0.3, -0.25) is 4.79 Å². The summed E-state index contributed by atoms with van der Waals surface area (Å²) in [5.41, 5.74) is 6.08. The maximum absolute atomic E-state index is 12.1. The van der Waals surface area contributed by atoms with Crippen molar-refractivity contribution in [1.82, 2.24) is 4.57 Å². The van der Waals surface area contributed by atoms with Gasteiger partial charge in [0.05, 0.1) is 0 Å². The molecule has 20 heavy (non-hydrogen) atoms. The fourth-order valence-corrected chi connectivity index (χ4v) is 3.20. The lowest BCUT2D eigenvalue weighted by Gasteiger charge is -2.06. The number of ketones is 1. The van der Waals surface area contributed by atoms with Gasteiger partial charge in [0.15, 0.2) is 5.78 Å². The van der Waals surface area contributed by atoms with Crippen molar-refractivity contribution < 1.29 is 4.79 Å². The van der Waals surface area contributed by atoms with Gasteiger partial charge in [0, 0.05) is 30.9 Å². The summed E-state index contributed by atoms with van der Waals surface area (Å²) in [5.74, 6) is 0.316. The molecule has 104 valence electrons. The third kappa shape index (κ3) is 2.69. The van der Waals surface area contributed by atoms with Crippen molar-refractivity contribution in [3.8, 4) is 0 Å². The molecular formula is C18H21NO. The van der Waals surface area contributed by atoms with E-state index < -0.39 is 0 Å². The Bertz CT molecular complexity index is 631. The van der Waals surface area contributed by atoms with Crippen LogP contribution in [0.3, 0.4) is 0 Å². The summed E-state index contributed by atoms with van der Waals surface area (Å²) in [6.45, 7) is 5.11. The van der Waals surface area contributed by atoms with E-state index in [4.69, 9.17) is 0 Å². The zero-order chi connectivity index (χ0) is 14.1. The summed E-state index contributed by atoms with van der Waals surface area (Å²) in [7, 11) is 0. The lowest BCUT2D eigenvalue weighted by molar-refractivity contribution is 0.0982. The Labute approximate surface area is 120 Å². The minimum absolute atomic E-state index is 0.316. The van der Waals surface area contributed by atoms with E-state index in [2.05, 4.69) is 42.8 Å². The second-order valence-corrected chi connectivity index (χ2v) is 6.00. The molecule has 1 aliphatic carbocycles. The van der Waals surface area contributed by atoms with Crippen LogP contribution in [0.25, 0.3) is 0 Å². The molecule has 1 aromatic carbocycles. The summed E-state index contributed by atoms with van der Waals surface area (Å²) in [6, 6.07) is 6.64. The van der Waals surface area contributed by atoms with Gasteiger partial charge in [-0.15, -0.1) is 0 Å². The molecule has 0 N–H and O–H groups in total. The first-order valence-corrected chi connectivity index (χ1v) is 7.41. The van der Waals surface area contributed by atoms with Crippen LogP contribution in [-0.4, -0.2) is 10.4 Å². The zero-order valence-electron chi connectivity index (χ0n) is 12.3. The Morgan fingerprint density at radius 1 is 1.00 bits per heavy atom. The highest BCUT2D eigenvalue weighted by atomic mass is 16.1. The smallest absolute Gasteiger partial charge is 0.164 e. The average molecular weight is 267 g/mol. The minimum Gasteiger partial charge on any atom is -0.349 e. The standard InChI is InChI=1S/C18H21NO/c1-13-7-14(2)9-15(8-13)10-19-11-16-5-3-4-6-18(20)17(16)12-19/h7-9,11-12H,3-6,10H2,1-2H3. The van der Waals surface area contributed by atoms with Crippen molar-refractivity contribution in [3.05, 3.63) is 58.4 Å². The molecule has 0 fully saturated rings. The van der Waals surface area contributed by atoms with Gasteiger partial charge in [-0.05, 0) is 44.2 Å². The van der Waals surface area contributed by atoms with Crippen LogP contribution in [0, 0.1) is 13.8 Å². The van der Waals surface area contributed by atoms with Crippen molar-refractivity contribution in [3.63, 3.8) is 0 Å². The van der Waals surface area contributed by atoms with E-state index in [1.807, 2.05) is 6.20 Å². The minimum atomic E-state index is 0.316. The van der Waals surface area contributed by atoms with Gasteiger partial charge in [-0.2, -0.15) is 0 Å². The van der Waals surface area contributed by atoms with Crippen LogP contribution in [0.4, 0.5) is 0 Å². The number of Topliss-reactive ketones (excluding diaryl/α,β-unsaturated/α-hetero) is 1. The number of carbonyl (C=O) groups is 1. The molecule has 0 radical (unpaired) electrons. The molecule has 2 heteroatoms. The number of nitrogens with zero attached hydrogens (tertiary/aromatic N) is 1. The number of hydrogen-bond acceptors (Lipinski definition) is 1. The predicted molar refractivity (Wildman–Crippen MR) is 81.3 cm³/mol. The molecule has 0 unspecified atom stereocenters. The average Bonchev–Trinajstić information content (AvgIpc) is 2.68. The first-order chi connectivity index (χ1) is 9.61. The molecule has 1 heterocycles. The number of benzene rings is 1. The maximum atomic E-state index is 12.1. The molecule has 0 bridgehead atoms. The van der Waals surface area contributed by atoms with E-state index in [0.29, 0.717) is 12.2 Å². The molecule has 1 aromatic heterocycles. The van der Waals surface area contributed by atoms with Crippen LogP contribution >= 0.6 is 0 Å². The largest absolute Gasteiger partial charge is 0.349 e. The van der Waals surface area contributed by atoms with Gasteiger partial charge in [-0.25, -0.2) is 0 Å². The third-order valence-corrected chi connectivity index (χ3v) is 4.01. The number of carbonyl (C=O) groups excluding carboxylic acids is 1. The van der Waals surface area contributed by atoms with Crippen LogP contribution in [0.15, 0.2) is 30.6 Å². The lowest BCUT2D eigenvalue weighted by Crippen LogP contribution is -1.99. The Balaban J connectivity index is 1.88. The molecule has 0 saturated carbocycles. The summed E-state index contributed by atoms with van der Waals surface area (Å²) < 4.78 is 2.17. The monoisotopic (exact) mass is 267 g/mol. The van der Waals surface area contributed by atoms with Crippen LogP contribution < -0.4 is 0 Å². The Morgan fingerprint density at radius 3 is 2.45 bits per heavy atom. The van der Waals surface area contributed by atoms with Gasteiger partial charge in [0.2, 0.25) is 0 Å². The summed E-state index contributed by atoms with van der Waals surface area (Å²) in [4.78, 5) is 12.1. The first-order valence-electron chi connectivity index (χ1n) is 7.41. The molecular weight excluding hydrogens is 246 g/mol. The van der Waals surface area contributed by atoms with Crippen molar-refractivity contribution in [1.29, 1.82) is 0 Å². The maximum Gasteiger partial charge on any atom is 0.164 e. The molecule has 0 spiro atoms. The number of aryl methyl sites for hydroxylation is 3. The SMILES string of the molecule is Cc1cc(C)cc(Cn2cc3c(c2)C(=O)CCCC3)c1.